The molecule has 0 heterocycles. The zero-order valence-corrected chi connectivity index (χ0v) is 10.3. The van der Waals surface area contributed by atoms with Crippen molar-refractivity contribution in [3.63, 3.8) is 0 Å². The van der Waals surface area contributed by atoms with Gasteiger partial charge in [-0.2, -0.15) is 0 Å². The molecule has 0 unspecified atom stereocenters. The predicted molar refractivity (Wildman–Crippen MR) is 68.2 cm³/mol. The summed E-state index contributed by atoms with van der Waals surface area (Å²) in [7, 11) is 1.41. The van der Waals surface area contributed by atoms with Gasteiger partial charge in [-0.1, -0.05) is 36.5 Å². The smallest absolute Gasteiger partial charge is 0.309 e. The van der Waals surface area contributed by atoms with E-state index < -0.39 is 0 Å². The first-order chi connectivity index (χ1) is 7.81. The molecule has 0 saturated carbocycles. The van der Waals surface area contributed by atoms with Crippen LogP contribution in [0.1, 0.15) is 39.0 Å². The third-order valence-electron chi connectivity index (χ3n) is 2.08. The van der Waals surface area contributed by atoms with E-state index in [0.29, 0.717) is 6.42 Å². The number of carbonyl (C=O) groups is 1. The van der Waals surface area contributed by atoms with Crippen molar-refractivity contribution >= 4 is 5.97 Å². The number of ether oxygens (including phenoxy) is 1. The van der Waals surface area contributed by atoms with Crippen LogP contribution in [0.3, 0.4) is 0 Å². The monoisotopic (exact) mass is 222 g/mol. The molecule has 90 valence electrons. The summed E-state index contributed by atoms with van der Waals surface area (Å²) in [6.45, 7) is 2.04. The van der Waals surface area contributed by atoms with Crippen molar-refractivity contribution < 1.29 is 9.53 Å². The Hall–Kier alpha value is -1.31. The van der Waals surface area contributed by atoms with Crippen LogP contribution in [0.2, 0.25) is 0 Å². The molecule has 0 aliphatic heterocycles. The zero-order chi connectivity index (χ0) is 12.1. The van der Waals surface area contributed by atoms with E-state index in [4.69, 9.17) is 0 Å². The molecule has 0 amide bonds. The van der Waals surface area contributed by atoms with Crippen molar-refractivity contribution in [2.75, 3.05) is 7.11 Å². The Balaban J connectivity index is 3.35. The van der Waals surface area contributed by atoms with Crippen LogP contribution in [0, 0.1) is 0 Å². The van der Waals surface area contributed by atoms with Gasteiger partial charge in [0.2, 0.25) is 0 Å². The summed E-state index contributed by atoms with van der Waals surface area (Å²) in [5.74, 6) is -0.182. The summed E-state index contributed by atoms with van der Waals surface area (Å²) in [5, 5.41) is 0. The first-order valence-corrected chi connectivity index (χ1v) is 5.79. The van der Waals surface area contributed by atoms with Gasteiger partial charge < -0.3 is 4.74 Å². The van der Waals surface area contributed by atoms with Crippen LogP contribution >= 0.6 is 0 Å². The summed E-state index contributed by atoms with van der Waals surface area (Å²) < 4.78 is 4.52. The molecule has 0 bridgehead atoms. The molecule has 0 aliphatic carbocycles. The summed E-state index contributed by atoms with van der Waals surface area (Å²) >= 11 is 0. The maximum Gasteiger partial charge on any atom is 0.309 e. The lowest BCUT2D eigenvalue weighted by molar-refractivity contribution is -0.139. The standard InChI is InChI=1S/C14H22O2/c1-3-4-5-6-7-8-9-10-11-12-13-14(15)16-2/h3-4,7-8,11-12H,5-6,9-10,13H2,1-2H3/b4-3+,8-7+,12-11+. The highest BCUT2D eigenvalue weighted by Crippen LogP contribution is 1.98. The van der Waals surface area contributed by atoms with E-state index in [0.717, 1.165) is 25.7 Å². The average molecular weight is 222 g/mol. The second-order valence-electron chi connectivity index (χ2n) is 3.45. The SMILES string of the molecule is C/C=C/CC/C=C/CC/C=C/CC(=O)OC. The van der Waals surface area contributed by atoms with Crippen LogP contribution in [0.15, 0.2) is 36.5 Å². The maximum atomic E-state index is 10.8. The Labute approximate surface area is 98.7 Å². The molecule has 0 aromatic heterocycles. The van der Waals surface area contributed by atoms with Gasteiger partial charge >= 0.3 is 5.97 Å². The Morgan fingerprint density at radius 3 is 1.94 bits per heavy atom. The highest BCUT2D eigenvalue weighted by molar-refractivity contribution is 5.70. The summed E-state index contributed by atoms with van der Waals surface area (Å²) in [6, 6.07) is 0. The van der Waals surface area contributed by atoms with E-state index in [1.807, 2.05) is 19.1 Å². The molecule has 0 radical (unpaired) electrons. The number of hydrogen-bond acceptors (Lipinski definition) is 2. The van der Waals surface area contributed by atoms with Gasteiger partial charge in [-0.25, -0.2) is 0 Å². The predicted octanol–water partition coefficient (Wildman–Crippen LogP) is 3.80. The lowest BCUT2D eigenvalue weighted by atomic mass is 10.2. The lowest BCUT2D eigenvalue weighted by Crippen LogP contribution is -1.96. The first kappa shape index (κ1) is 14.7. The van der Waals surface area contributed by atoms with Crippen LogP contribution in [0.5, 0.6) is 0 Å². The third-order valence-corrected chi connectivity index (χ3v) is 2.08. The van der Waals surface area contributed by atoms with Gasteiger partial charge in [-0.3, -0.25) is 4.79 Å². The minimum atomic E-state index is -0.182. The Morgan fingerprint density at radius 1 is 0.938 bits per heavy atom. The van der Waals surface area contributed by atoms with Gasteiger partial charge in [0.05, 0.1) is 13.5 Å². The number of rotatable bonds is 8. The molecule has 0 aliphatic rings. The molecule has 0 rings (SSSR count). The minimum absolute atomic E-state index is 0.182. The van der Waals surface area contributed by atoms with Gasteiger partial charge in [-0.05, 0) is 32.6 Å². The quantitative estimate of drug-likeness (QED) is 0.355. The highest BCUT2D eigenvalue weighted by atomic mass is 16.5. The summed E-state index contributed by atoms with van der Waals surface area (Å²) in [6.07, 6.45) is 17.1. The number of carbonyl (C=O) groups excluding carboxylic acids is 1. The molecular weight excluding hydrogens is 200 g/mol. The van der Waals surface area contributed by atoms with Crippen LogP contribution in [0.25, 0.3) is 0 Å². The number of esters is 1. The van der Waals surface area contributed by atoms with Crippen molar-refractivity contribution in [1.82, 2.24) is 0 Å². The van der Waals surface area contributed by atoms with Crippen molar-refractivity contribution in [3.05, 3.63) is 36.5 Å². The van der Waals surface area contributed by atoms with Crippen LogP contribution < -0.4 is 0 Å². The maximum absolute atomic E-state index is 10.8. The Morgan fingerprint density at radius 2 is 1.44 bits per heavy atom. The van der Waals surface area contributed by atoms with E-state index in [2.05, 4.69) is 29.0 Å². The van der Waals surface area contributed by atoms with Crippen LogP contribution in [-0.4, -0.2) is 13.1 Å². The molecule has 2 heteroatoms. The molecule has 0 N–H and O–H groups in total. The molecule has 16 heavy (non-hydrogen) atoms. The molecule has 0 aromatic carbocycles. The van der Waals surface area contributed by atoms with Crippen molar-refractivity contribution in [1.29, 1.82) is 0 Å². The molecule has 0 saturated heterocycles. The van der Waals surface area contributed by atoms with Crippen LogP contribution in [0.4, 0.5) is 0 Å². The fourth-order valence-corrected chi connectivity index (χ4v) is 1.17. The number of hydrogen-bond donors (Lipinski definition) is 0. The topological polar surface area (TPSA) is 26.3 Å². The van der Waals surface area contributed by atoms with E-state index in [1.54, 1.807) is 0 Å². The van der Waals surface area contributed by atoms with Crippen molar-refractivity contribution in [2.24, 2.45) is 0 Å². The first-order valence-electron chi connectivity index (χ1n) is 5.79. The summed E-state index contributed by atoms with van der Waals surface area (Å²) in [4.78, 5) is 10.8. The molecule has 2 nitrogen and oxygen atoms in total. The van der Waals surface area contributed by atoms with E-state index >= 15 is 0 Å². The molecule has 0 aromatic rings. The minimum Gasteiger partial charge on any atom is -0.469 e. The largest absolute Gasteiger partial charge is 0.469 e. The molecule has 0 spiro atoms. The van der Waals surface area contributed by atoms with E-state index in [1.165, 1.54) is 7.11 Å². The normalized spacial score (nSPS) is 11.9. The van der Waals surface area contributed by atoms with Crippen LogP contribution in [-0.2, 0) is 9.53 Å². The third kappa shape index (κ3) is 10.8. The number of allylic oxidation sites excluding steroid dienone is 5. The second-order valence-corrected chi connectivity index (χ2v) is 3.45. The molecule has 0 fully saturated rings. The van der Waals surface area contributed by atoms with Crippen molar-refractivity contribution in [2.45, 2.75) is 39.0 Å². The van der Waals surface area contributed by atoms with Gasteiger partial charge in [0.25, 0.3) is 0 Å². The fraction of sp³-hybridized carbons (Fsp3) is 0.500. The molecular formula is C14H22O2. The van der Waals surface area contributed by atoms with Crippen molar-refractivity contribution in [3.8, 4) is 0 Å². The average Bonchev–Trinajstić information content (AvgIpc) is 2.31. The Bertz CT molecular complexity index is 249. The second kappa shape index (κ2) is 11.8. The zero-order valence-electron chi connectivity index (χ0n) is 10.3. The number of methoxy groups -OCH3 is 1. The van der Waals surface area contributed by atoms with Gasteiger partial charge in [0.15, 0.2) is 0 Å². The summed E-state index contributed by atoms with van der Waals surface area (Å²) in [5.41, 5.74) is 0. The molecule has 0 atom stereocenters. The van der Waals surface area contributed by atoms with Gasteiger partial charge in [0, 0.05) is 0 Å². The van der Waals surface area contributed by atoms with E-state index in [-0.39, 0.29) is 5.97 Å². The lowest BCUT2D eigenvalue weighted by Gasteiger charge is -1.92. The Kier molecular flexibility index (Phi) is 10.8. The highest BCUT2D eigenvalue weighted by Gasteiger charge is 1.92. The number of unbranched alkanes of at least 4 members (excludes halogenated alkanes) is 2. The van der Waals surface area contributed by atoms with Gasteiger partial charge in [0.1, 0.15) is 0 Å². The van der Waals surface area contributed by atoms with E-state index in [9.17, 15) is 4.79 Å². The fourth-order valence-electron chi connectivity index (χ4n) is 1.17. The van der Waals surface area contributed by atoms with Gasteiger partial charge in [-0.15, -0.1) is 0 Å².